The molecule has 4 nitrogen and oxygen atoms in total. The van der Waals surface area contributed by atoms with E-state index in [0.29, 0.717) is 0 Å². The van der Waals surface area contributed by atoms with Crippen LogP contribution in [0.25, 0.3) is 0 Å². The molecule has 0 saturated carbocycles. The van der Waals surface area contributed by atoms with Crippen molar-refractivity contribution in [3.63, 3.8) is 0 Å². The van der Waals surface area contributed by atoms with Gasteiger partial charge in [-0.25, -0.2) is 4.98 Å². The van der Waals surface area contributed by atoms with Gasteiger partial charge in [0.05, 0.1) is 5.56 Å². The van der Waals surface area contributed by atoms with Crippen LogP contribution in [-0.4, -0.2) is 27.2 Å². The number of rotatable bonds is 4. The van der Waals surface area contributed by atoms with E-state index in [1.165, 1.54) is 6.26 Å². The molecule has 2 atom stereocenters. The smallest absolute Gasteiger partial charge is 0.366 e. The zero-order chi connectivity index (χ0) is 14.6. The van der Waals surface area contributed by atoms with Crippen molar-refractivity contribution in [2.24, 2.45) is 0 Å². The summed E-state index contributed by atoms with van der Waals surface area (Å²) in [5.41, 5.74) is -1.06. The van der Waals surface area contributed by atoms with Crippen LogP contribution < -0.4 is 5.32 Å². The van der Waals surface area contributed by atoms with E-state index in [9.17, 15) is 17.4 Å². The van der Waals surface area contributed by atoms with Crippen LogP contribution in [0.4, 0.5) is 19.0 Å². The Morgan fingerprint density at radius 2 is 2.16 bits per heavy atom. The fourth-order valence-electron chi connectivity index (χ4n) is 1.44. The summed E-state index contributed by atoms with van der Waals surface area (Å²) in [7, 11) is -1.10. The van der Waals surface area contributed by atoms with Crippen LogP contribution in [0.5, 0.6) is 0 Å². The van der Waals surface area contributed by atoms with Crippen LogP contribution >= 0.6 is 0 Å². The molecule has 2 unspecified atom stereocenters. The molecule has 0 aliphatic heterocycles. The first-order valence-corrected chi connectivity index (χ1v) is 7.01. The average Bonchev–Trinajstić information content (AvgIpc) is 2.26. The lowest BCUT2D eigenvalue weighted by Gasteiger charge is -2.15. The fraction of sp³-hybridized carbons (Fsp3) is 0.455. The molecule has 0 aromatic carbocycles. The van der Waals surface area contributed by atoms with E-state index in [4.69, 9.17) is 5.26 Å². The first-order chi connectivity index (χ1) is 8.74. The molecular formula is C11H12F3N3OS. The van der Waals surface area contributed by atoms with E-state index < -0.39 is 22.7 Å². The van der Waals surface area contributed by atoms with E-state index in [2.05, 4.69) is 10.3 Å². The SMILES string of the molecule is CC(CS(C)=O)Nc1nc(C(F)(F)F)ccc1C#N. The number of hydrogen-bond donors (Lipinski definition) is 1. The van der Waals surface area contributed by atoms with Gasteiger partial charge in [-0.05, 0) is 19.1 Å². The number of nitriles is 1. The molecule has 0 aliphatic rings. The van der Waals surface area contributed by atoms with Crippen molar-refractivity contribution < 1.29 is 17.4 Å². The summed E-state index contributed by atoms with van der Waals surface area (Å²) in [4.78, 5) is 3.40. The highest BCUT2D eigenvalue weighted by molar-refractivity contribution is 7.84. The van der Waals surface area contributed by atoms with Gasteiger partial charge in [-0.15, -0.1) is 0 Å². The van der Waals surface area contributed by atoms with Crippen LogP contribution in [0, 0.1) is 11.3 Å². The standard InChI is InChI=1S/C11H12F3N3OS/c1-7(6-19(2)18)16-10-8(5-15)3-4-9(17-10)11(12,13)14/h3-4,7H,6H2,1-2H3,(H,16,17). The summed E-state index contributed by atoms with van der Waals surface area (Å²) in [6.07, 6.45) is -3.08. The van der Waals surface area contributed by atoms with Crippen molar-refractivity contribution in [2.45, 2.75) is 19.1 Å². The molecule has 1 aromatic heterocycles. The number of hydrogen-bond acceptors (Lipinski definition) is 4. The summed E-state index contributed by atoms with van der Waals surface area (Å²) >= 11 is 0. The lowest BCUT2D eigenvalue weighted by Crippen LogP contribution is -2.24. The molecule has 0 saturated heterocycles. The van der Waals surface area contributed by atoms with Gasteiger partial charge in [0.1, 0.15) is 17.6 Å². The van der Waals surface area contributed by atoms with E-state index in [1.54, 1.807) is 13.0 Å². The minimum Gasteiger partial charge on any atom is -0.366 e. The lowest BCUT2D eigenvalue weighted by atomic mass is 10.2. The Bertz CT molecular complexity index is 525. The van der Waals surface area contributed by atoms with Crippen molar-refractivity contribution in [1.82, 2.24) is 4.98 Å². The Balaban J connectivity index is 3.04. The molecule has 1 heterocycles. The Hall–Kier alpha value is -1.62. The Kier molecular flexibility index (Phi) is 4.89. The summed E-state index contributed by atoms with van der Waals surface area (Å²) in [6.45, 7) is 1.66. The van der Waals surface area contributed by atoms with Crippen LogP contribution in [-0.2, 0) is 17.0 Å². The molecule has 0 radical (unpaired) electrons. The third-order valence-electron chi connectivity index (χ3n) is 2.17. The Labute approximate surface area is 111 Å². The highest BCUT2D eigenvalue weighted by atomic mass is 32.2. The van der Waals surface area contributed by atoms with Gasteiger partial charge in [-0.1, -0.05) is 0 Å². The van der Waals surface area contributed by atoms with Gasteiger partial charge < -0.3 is 5.32 Å². The highest BCUT2D eigenvalue weighted by Gasteiger charge is 2.33. The Morgan fingerprint density at radius 3 is 2.63 bits per heavy atom. The second-order valence-corrected chi connectivity index (χ2v) is 5.47. The number of nitrogens with zero attached hydrogens (tertiary/aromatic N) is 2. The molecular weight excluding hydrogens is 279 g/mol. The molecule has 8 heteroatoms. The first kappa shape index (κ1) is 15.4. The molecule has 1 rings (SSSR count). The summed E-state index contributed by atoms with van der Waals surface area (Å²) in [6, 6.07) is 3.23. The van der Waals surface area contributed by atoms with Crippen molar-refractivity contribution in [3.8, 4) is 6.07 Å². The zero-order valence-corrected chi connectivity index (χ0v) is 11.1. The largest absolute Gasteiger partial charge is 0.433 e. The third-order valence-corrected chi connectivity index (χ3v) is 3.14. The van der Waals surface area contributed by atoms with E-state index in [0.717, 1.165) is 12.1 Å². The molecule has 0 amide bonds. The van der Waals surface area contributed by atoms with Gasteiger partial charge in [0.2, 0.25) is 0 Å². The molecule has 1 aromatic rings. The molecule has 0 spiro atoms. The molecule has 0 bridgehead atoms. The second kappa shape index (κ2) is 6.02. The van der Waals surface area contributed by atoms with Gasteiger partial charge in [0.25, 0.3) is 0 Å². The van der Waals surface area contributed by atoms with Crippen molar-refractivity contribution in [1.29, 1.82) is 5.26 Å². The predicted octanol–water partition coefficient (Wildman–Crippen LogP) is 2.15. The van der Waals surface area contributed by atoms with Crippen molar-refractivity contribution >= 4 is 16.6 Å². The van der Waals surface area contributed by atoms with E-state index in [-0.39, 0.29) is 23.2 Å². The normalized spacial score (nSPS) is 14.5. The average molecular weight is 291 g/mol. The van der Waals surface area contributed by atoms with Crippen molar-refractivity contribution in [2.75, 3.05) is 17.3 Å². The van der Waals surface area contributed by atoms with E-state index >= 15 is 0 Å². The maximum atomic E-state index is 12.5. The number of aromatic nitrogens is 1. The third kappa shape index (κ3) is 4.52. The molecule has 0 aliphatic carbocycles. The number of anilines is 1. The minimum atomic E-state index is -4.57. The summed E-state index contributed by atoms with van der Waals surface area (Å²) in [5, 5.41) is 11.5. The van der Waals surface area contributed by atoms with Crippen molar-refractivity contribution in [3.05, 3.63) is 23.4 Å². The number of halogens is 3. The second-order valence-electron chi connectivity index (χ2n) is 3.99. The zero-order valence-electron chi connectivity index (χ0n) is 10.3. The minimum absolute atomic E-state index is 0.0155. The highest BCUT2D eigenvalue weighted by Crippen LogP contribution is 2.29. The van der Waals surface area contributed by atoms with Crippen LogP contribution in [0.3, 0.4) is 0 Å². The van der Waals surface area contributed by atoms with Gasteiger partial charge in [0.15, 0.2) is 0 Å². The maximum Gasteiger partial charge on any atom is 0.433 e. The van der Waals surface area contributed by atoms with Crippen LogP contribution in [0.15, 0.2) is 12.1 Å². The monoisotopic (exact) mass is 291 g/mol. The topological polar surface area (TPSA) is 65.8 Å². The lowest BCUT2D eigenvalue weighted by molar-refractivity contribution is -0.141. The van der Waals surface area contributed by atoms with Crippen LogP contribution in [0.1, 0.15) is 18.2 Å². The predicted molar refractivity (Wildman–Crippen MR) is 66.0 cm³/mol. The summed E-state index contributed by atoms with van der Waals surface area (Å²) < 4.78 is 48.6. The molecule has 1 N–H and O–H groups in total. The quantitative estimate of drug-likeness (QED) is 0.923. The van der Waals surface area contributed by atoms with Gasteiger partial charge >= 0.3 is 6.18 Å². The van der Waals surface area contributed by atoms with Gasteiger partial charge in [-0.2, -0.15) is 18.4 Å². The number of pyridine rings is 1. The Morgan fingerprint density at radius 1 is 1.53 bits per heavy atom. The first-order valence-electron chi connectivity index (χ1n) is 5.29. The molecule has 104 valence electrons. The van der Waals surface area contributed by atoms with Crippen LogP contribution in [0.2, 0.25) is 0 Å². The fourth-order valence-corrected chi connectivity index (χ4v) is 2.23. The maximum absolute atomic E-state index is 12.5. The van der Waals surface area contributed by atoms with Gasteiger partial charge in [-0.3, -0.25) is 4.21 Å². The summed E-state index contributed by atoms with van der Waals surface area (Å²) in [5.74, 6) is 0.110. The number of alkyl halides is 3. The number of nitrogens with one attached hydrogen (secondary N) is 1. The molecule has 19 heavy (non-hydrogen) atoms. The van der Waals surface area contributed by atoms with E-state index in [1.807, 2.05) is 0 Å². The molecule has 0 fully saturated rings. The van der Waals surface area contributed by atoms with Gasteiger partial charge in [0, 0.05) is 28.9 Å².